The summed E-state index contributed by atoms with van der Waals surface area (Å²) in [5, 5.41) is 3.25. The number of benzene rings is 1. The zero-order valence-electron chi connectivity index (χ0n) is 9.25. The van der Waals surface area contributed by atoms with Crippen LogP contribution in [0.4, 0.5) is 0 Å². The van der Waals surface area contributed by atoms with Crippen molar-refractivity contribution in [2.24, 2.45) is 0 Å². The molecule has 0 aliphatic rings. The number of hydrogen-bond acceptors (Lipinski definition) is 2. The molecule has 0 N–H and O–H groups in total. The van der Waals surface area contributed by atoms with Crippen molar-refractivity contribution in [3.63, 3.8) is 0 Å². The lowest BCUT2D eigenvalue weighted by molar-refractivity contribution is 0.686. The lowest BCUT2D eigenvalue weighted by Crippen LogP contribution is -1.89. The molecule has 0 aliphatic heterocycles. The first-order valence-corrected chi connectivity index (χ1v) is 7.28. The van der Waals surface area contributed by atoms with Crippen LogP contribution in [0, 0.1) is 0 Å². The van der Waals surface area contributed by atoms with E-state index in [0.717, 1.165) is 9.79 Å². The first kappa shape index (κ1) is 13.1. The van der Waals surface area contributed by atoms with Crippen molar-refractivity contribution in [1.29, 1.82) is 0 Å². The highest BCUT2D eigenvalue weighted by atomic mass is 32.2. The predicted molar refractivity (Wildman–Crippen MR) is 68.9 cm³/mol. The van der Waals surface area contributed by atoms with E-state index in [0.29, 0.717) is 0 Å². The van der Waals surface area contributed by atoms with Gasteiger partial charge in [0.15, 0.2) is 0 Å². The van der Waals surface area contributed by atoms with Gasteiger partial charge in [-0.25, -0.2) is 8.42 Å². The first-order chi connectivity index (χ1) is 7.69. The van der Waals surface area contributed by atoms with Crippen molar-refractivity contribution in [3.8, 4) is 0 Å². The third-order valence-corrected chi connectivity index (χ3v) is 4.32. The standard InChI is InChI=1S/C12H14O2S2/c1-3-9-15(13)11-5-7-12(8-6-11)16(14)10-4-2/h3-10H,1-2H3. The maximum atomic E-state index is 11.6. The van der Waals surface area contributed by atoms with Crippen molar-refractivity contribution < 1.29 is 8.42 Å². The van der Waals surface area contributed by atoms with Crippen LogP contribution < -0.4 is 0 Å². The molecule has 0 radical (unpaired) electrons. The molecule has 86 valence electrons. The van der Waals surface area contributed by atoms with Crippen LogP contribution in [-0.4, -0.2) is 8.42 Å². The van der Waals surface area contributed by atoms with Crippen LogP contribution in [-0.2, 0) is 21.6 Å². The van der Waals surface area contributed by atoms with Gasteiger partial charge in [0.1, 0.15) is 0 Å². The zero-order chi connectivity index (χ0) is 12.0. The molecular formula is C12H14O2S2. The molecular weight excluding hydrogens is 240 g/mol. The second-order valence-electron chi connectivity index (χ2n) is 3.01. The summed E-state index contributed by atoms with van der Waals surface area (Å²) in [5.41, 5.74) is 0. The Morgan fingerprint density at radius 2 is 1.12 bits per heavy atom. The molecule has 2 unspecified atom stereocenters. The summed E-state index contributed by atoms with van der Waals surface area (Å²) in [5.74, 6) is 0. The summed E-state index contributed by atoms with van der Waals surface area (Å²) >= 11 is 0. The normalized spacial score (nSPS) is 15.6. The topological polar surface area (TPSA) is 34.1 Å². The SMILES string of the molecule is CC=CS(=O)c1ccc(S(=O)C=CC)cc1. The smallest absolute Gasteiger partial charge is 0.0772 e. The van der Waals surface area contributed by atoms with Crippen LogP contribution in [0.5, 0.6) is 0 Å². The van der Waals surface area contributed by atoms with Crippen LogP contribution >= 0.6 is 0 Å². The number of allylic oxidation sites excluding steroid dienone is 2. The molecule has 1 aromatic carbocycles. The van der Waals surface area contributed by atoms with Gasteiger partial charge in [-0.05, 0) is 38.1 Å². The minimum Gasteiger partial charge on any atom is -0.250 e. The van der Waals surface area contributed by atoms with Gasteiger partial charge in [0.25, 0.3) is 0 Å². The quantitative estimate of drug-likeness (QED) is 0.828. The summed E-state index contributed by atoms with van der Waals surface area (Å²) in [6, 6.07) is 6.97. The Bertz CT molecular complexity index is 402. The molecule has 0 spiro atoms. The first-order valence-electron chi connectivity index (χ1n) is 4.86. The van der Waals surface area contributed by atoms with E-state index in [1.54, 1.807) is 47.2 Å². The van der Waals surface area contributed by atoms with Gasteiger partial charge < -0.3 is 0 Å². The second-order valence-corrected chi connectivity index (χ2v) is 5.68. The fraction of sp³-hybridized carbons (Fsp3) is 0.167. The van der Waals surface area contributed by atoms with Crippen LogP contribution in [0.3, 0.4) is 0 Å². The van der Waals surface area contributed by atoms with E-state index < -0.39 is 21.6 Å². The minimum atomic E-state index is -1.11. The van der Waals surface area contributed by atoms with Gasteiger partial charge in [0.2, 0.25) is 0 Å². The molecule has 0 saturated heterocycles. The van der Waals surface area contributed by atoms with Gasteiger partial charge in [-0.1, -0.05) is 12.2 Å². The van der Waals surface area contributed by atoms with Gasteiger partial charge in [0, 0.05) is 20.6 Å². The molecule has 2 atom stereocenters. The van der Waals surface area contributed by atoms with E-state index in [2.05, 4.69) is 0 Å². The Labute approximate surface area is 101 Å². The highest BCUT2D eigenvalue weighted by Gasteiger charge is 2.02. The molecule has 0 amide bonds. The van der Waals surface area contributed by atoms with E-state index in [1.807, 2.05) is 13.8 Å². The average molecular weight is 254 g/mol. The highest BCUT2D eigenvalue weighted by Crippen LogP contribution is 2.13. The highest BCUT2D eigenvalue weighted by molar-refractivity contribution is 7.88. The second kappa shape index (κ2) is 6.55. The maximum absolute atomic E-state index is 11.6. The fourth-order valence-corrected chi connectivity index (χ4v) is 2.73. The fourth-order valence-electron chi connectivity index (χ4n) is 1.11. The largest absolute Gasteiger partial charge is 0.250 e. The Hall–Kier alpha value is -1.00. The van der Waals surface area contributed by atoms with Crippen LogP contribution in [0.25, 0.3) is 0 Å². The number of hydrogen-bond donors (Lipinski definition) is 0. The molecule has 0 aromatic heterocycles. The van der Waals surface area contributed by atoms with Gasteiger partial charge >= 0.3 is 0 Å². The van der Waals surface area contributed by atoms with E-state index in [1.165, 1.54) is 0 Å². The van der Waals surface area contributed by atoms with Crippen molar-refractivity contribution in [2.45, 2.75) is 23.6 Å². The van der Waals surface area contributed by atoms with E-state index in [4.69, 9.17) is 0 Å². The molecule has 1 rings (SSSR count). The predicted octanol–water partition coefficient (Wildman–Crippen LogP) is 2.97. The van der Waals surface area contributed by atoms with Crippen LogP contribution in [0.2, 0.25) is 0 Å². The van der Waals surface area contributed by atoms with Crippen LogP contribution in [0.15, 0.2) is 57.0 Å². The lowest BCUT2D eigenvalue weighted by Gasteiger charge is -1.99. The van der Waals surface area contributed by atoms with Crippen molar-refractivity contribution in [3.05, 3.63) is 47.2 Å². The summed E-state index contributed by atoms with van der Waals surface area (Å²) in [7, 11) is -2.21. The maximum Gasteiger partial charge on any atom is 0.0772 e. The van der Waals surface area contributed by atoms with E-state index in [-0.39, 0.29) is 0 Å². The van der Waals surface area contributed by atoms with Gasteiger partial charge in [-0.2, -0.15) is 0 Å². The van der Waals surface area contributed by atoms with Gasteiger partial charge in [-0.15, -0.1) is 0 Å². The molecule has 16 heavy (non-hydrogen) atoms. The third kappa shape index (κ3) is 3.54. The summed E-state index contributed by atoms with van der Waals surface area (Å²) in [6.07, 6.45) is 3.50. The van der Waals surface area contributed by atoms with E-state index in [9.17, 15) is 8.42 Å². The van der Waals surface area contributed by atoms with Gasteiger partial charge in [-0.3, -0.25) is 0 Å². The van der Waals surface area contributed by atoms with E-state index >= 15 is 0 Å². The average Bonchev–Trinajstić information content (AvgIpc) is 2.30. The van der Waals surface area contributed by atoms with Crippen molar-refractivity contribution >= 4 is 21.6 Å². The molecule has 0 saturated carbocycles. The Kier molecular flexibility index (Phi) is 5.35. The molecule has 1 aromatic rings. The molecule has 0 bridgehead atoms. The van der Waals surface area contributed by atoms with Crippen molar-refractivity contribution in [2.75, 3.05) is 0 Å². The van der Waals surface area contributed by atoms with Crippen LogP contribution in [0.1, 0.15) is 13.8 Å². The van der Waals surface area contributed by atoms with Gasteiger partial charge in [0.05, 0.1) is 21.6 Å². The Balaban J connectivity index is 2.91. The summed E-state index contributed by atoms with van der Waals surface area (Å²) in [6.45, 7) is 3.65. The summed E-state index contributed by atoms with van der Waals surface area (Å²) in [4.78, 5) is 1.44. The van der Waals surface area contributed by atoms with Crippen molar-refractivity contribution in [1.82, 2.24) is 0 Å². The molecule has 0 fully saturated rings. The monoisotopic (exact) mass is 254 g/mol. The minimum absolute atomic E-state index is 0.722. The number of rotatable bonds is 4. The third-order valence-electron chi connectivity index (χ3n) is 1.81. The Morgan fingerprint density at radius 1 is 0.812 bits per heavy atom. The molecule has 0 heterocycles. The molecule has 2 nitrogen and oxygen atoms in total. The molecule has 4 heteroatoms. The summed E-state index contributed by atoms with van der Waals surface area (Å²) < 4.78 is 23.2. The zero-order valence-corrected chi connectivity index (χ0v) is 10.9. The molecule has 0 aliphatic carbocycles. The Morgan fingerprint density at radius 3 is 1.38 bits per heavy atom. The lowest BCUT2D eigenvalue weighted by atomic mass is 10.4.